The van der Waals surface area contributed by atoms with Gasteiger partial charge in [0.15, 0.2) is 0 Å². The molecule has 3 aliphatic rings. The maximum absolute atomic E-state index is 5.76. The first-order valence-corrected chi connectivity index (χ1v) is 10.9. The van der Waals surface area contributed by atoms with Gasteiger partial charge in [0.05, 0.1) is 0 Å². The third-order valence-electron chi connectivity index (χ3n) is 5.73. The summed E-state index contributed by atoms with van der Waals surface area (Å²) in [6.07, 6.45) is 0. The molecule has 3 heterocycles. The molecule has 0 fully saturated rings. The van der Waals surface area contributed by atoms with Crippen molar-refractivity contribution in [3.8, 4) is 0 Å². The van der Waals surface area contributed by atoms with Crippen LogP contribution in [0.3, 0.4) is 0 Å². The standard InChI is InChI=1S/C26H21N5O2/c1-3-9-17(10-4-1)21-15-32-25(27-21)30-23-19-13-7-8-14-20(19)24(29-23)31-26-28-22(16-33-26)18-11-5-2-6-12-18/h1-14,21-22H,15-16H2,(H,27,28,29,30,31). The number of ether oxygens (including phenoxy) is 2. The van der Waals surface area contributed by atoms with Gasteiger partial charge in [-0.15, -0.1) is 0 Å². The normalized spacial score (nSPS) is 23.5. The average Bonchev–Trinajstić information content (AvgIpc) is 3.61. The van der Waals surface area contributed by atoms with Gasteiger partial charge in [0, 0.05) is 11.1 Å². The summed E-state index contributed by atoms with van der Waals surface area (Å²) in [5.41, 5.74) is 4.09. The zero-order chi connectivity index (χ0) is 22.0. The molecule has 0 saturated carbocycles. The Morgan fingerprint density at radius 2 is 1.03 bits per heavy atom. The van der Waals surface area contributed by atoms with Gasteiger partial charge in [-0.1, -0.05) is 84.9 Å². The van der Waals surface area contributed by atoms with E-state index in [0.717, 1.165) is 22.3 Å². The summed E-state index contributed by atoms with van der Waals surface area (Å²) in [6, 6.07) is 28.7. The lowest BCUT2D eigenvalue weighted by atomic mass is 10.1. The molecule has 2 atom stereocenters. The maximum Gasteiger partial charge on any atom is 0.314 e. The van der Waals surface area contributed by atoms with Crippen LogP contribution in [0.5, 0.6) is 0 Å². The first-order valence-electron chi connectivity index (χ1n) is 10.9. The zero-order valence-electron chi connectivity index (χ0n) is 17.8. The van der Waals surface area contributed by atoms with Crippen molar-refractivity contribution in [1.82, 2.24) is 5.32 Å². The number of amidine groups is 4. The highest BCUT2D eigenvalue weighted by Gasteiger charge is 2.28. The van der Waals surface area contributed by atoms with Crippen LogP contribution in [0.1, 0.15) is 34.3 Å². The maximum atomic E-state index is 5.76. The third-order valence-corrected chi connectivity index (χ3v) is 5.73. The van der Waals surface area contributed by atoms with Gasteiger partial charge in [-0.05, 0) is 11.1 Å². The van der Waals surface area contributed by atoms with E-state index >= 15 is 0 Å². The van der Waals surface area contributed by atoms with Crippen molar-refractivity contribution in [3.05, 3.63) is 107 Å². The molecule has 7 heteroatoms. The average molecular weight is 435 g/mol. The molecule has 3 aromatic rings. The Morgan fingerprint density at radius 1 is 0.606 bits per heavy atom. The van der Waals surface area contributed by atoms with E-state index in [-0.39, 0.29) is 12.1 Å². The summed E-state index contributed by atoms with van der Waals surface area (Å²) >= 11 is 0. The van der Waals surface area contributed by atoms with Crippen LogP contribution >= 0.6 is 0 Å². The van der Waals surface area contributed by atoms with Crippen LogP contribution in [-0.4, -0.2) is 36.9 Å². The summed E-state index contributed by atoms with van der Waals surface area (Å²) in [5, 5.41) is 3.30. The van der Waals surface area contributed by atoms with Crippen LogP contribution in [-0.2, 0) is 9.47 Å². The quantitative estimate of drug-likeness (QED) is 0.660. The van der Waals surface area contributed by atoms with E-state index < -0.39 is 0 Å². The van der Waals surface area contributed by atoms with Crippen molar-refractivity contribution < 1.29 is 9.47 Å². The van der Waals surface area contributed by atoms with Crippen molar-refractivity contribution in [1.29, 1.82) is 0 Å². The molecule has 7 nitrogen and oxygen atoms in total. The van der Waals surface area contributed by atoms with Crippen LogP contribution in [0.25, 0.3) is 0 Å². The molecule has 0 amide bonds. The number of aliphatic imine (C=N–C) groups is 4. The van der Waals surface area contributed by atoms with Crippen LogP contribution in [0.4, 0.5) is 0 Å². The molecule has 3 aliphatic heterocycles. The summed E-state index contributed by atoms with van der Waals surface area (Å²) < 4.78 is 11.5. The van der Waals surface area contributed by atoms with E-state index in [1.807, 2.05) is 84.9 Å². The minimum Gasteiger partial charge on any atom is -0.461 e. The Kier molecular flexibility index (Phi) is 4.92. The predicted molar refractivity (Wildman–Crippen MR) is 128 cm³/mol. The number of hydrogen-bond acceptors (Lipinski definition) is 6. The fourth-order valence-corrected chi connectivity index (χ4v) is 4.05. The SMILES string of the molecule is c1ccc(C2COC(N=C3NC(=NC4=NC(c5ccccc5)CO4)c4ccccc43)=N2)cc1. The molecule has 0 aliphatic carbocycles. The third kappa shape index (κ3) is 3.89. The van der Waals surface area contributed by atoms with Gasteiger partial charge in [-0.2, -0.15) is 9.98 Å². The number of rotatable bonds is 2. The lowest BCUT2D eigenvalue weighted by Crippen LogP contribution is -2.24. The highest BCUT2D eigenvalue weighted by atomic mass is 16.5. The molecule has 0 saturated heterocycles. The summed E-state index contributed by atoms with van der Waals surface area (Å²) in [7, 11) is 0. The van der Waals surface area contributed by atoms with Crippen molar-refractivity contribution in [2.75, 3.05) is 13.2 Å². The number of benzene rings is 3. The second-order valence-electron chi connectivity index (χ2n) is 7.89. The van der Waals surface area contributed by atoms with E-state index in [1.165, 1.54) is 0 Å². The number of hydrogen-bond donors (Lipinski definition) is 1. The Labute approximate surface area is 191 Å². The van der Waals surface area contributed by atoms with E-state index in [4.69, 9.17) is 9.47 Å². The monoisotopic (exact) mass is 435 g/mol. The molecule has 2 unspecified atom stereocenters. The second-order valence-corrected chi connectivity index (χ2v) is 7.89. The fraction of sp³-hybridized carbons (Fsp3) is 0.154. The van der Waals surface area contributed by atoms with Crippen molar-refractivity contribution >= 4 is 23.7 Å². The molecule has 0 radical (unpaired) electrons. The zero-order valence-corrected chi connectivity index (χ0v) is 17.8. The first-order chi connectivity index (χ1) is 16.3. The Balaban J connectivity index is 1.27. The van der Waals surface area contributed by atoms with E-state index in [0.29, 0.717) is 36.9 Å². The molecular weight excluding hydrogens is 414 g/mol. The minimum atomic E-state index is -0.0495. The van der Waals surface area contributed by atoms with Gasteiger partial charge >= 0.3 is 12.0 Å². The highest BCUT2D eigenvalue weighted by Crippen LogP contribution is 2.26. The molecule has 1 N–H and O–H groups in total. The molecule has 33 heavy (non-hydrogen) atoms. The van der Waals surface area contributed by atoms with Gasteiger partial charge in [0.1, 0.15) is 37.0 Å². The smallest absolute Gasteiger partial charge is 0.314 e. The minimum absolute atomic E-state index is 0.0495. The van der Waals surface area contributed by atoms with E-state index in [1.54, 1.807) is 0 Å². The summed E-state index contributed by atoms with van der Waals surface area (Å²) in [5.74, 6) is 1.30. The Morgan fingerprint density at radius 3 is 1.48 bits per heavy atom. The van der Waals surface area contributed by atoms with Gasteiger partial charge in [-0.3, -0.25) is 0 Å². The Bertz CT molecular complexity index is 1200. The number of nitrogens with one attached hydrogen (secondary N) is 1. The number of nitrogens with zero attached hydrogens (tertiary/aromatic N) is 4. The second kappa shape index (κ2) is 8.35. The largest absolute Gasteiger partial charge is 0.461 e. The lowest BCUT2D eigenvalue weighted by Gasteiger charge is -2.03. The molecule has 6 rings (SSSR count). The molecule has 3 aromatic carbocycles. The van der Waals surface area contributed by atoms with Crippen LogP contribution in [0.15, 0.2) is 105 Å². The van der Waals surface area contributed by atoms with Gasteiger partial charge in [0.25, 0.3) is 0 Å². The molecule has 0 spiro atoms. The van der Waals surface area contributed by atoms with Gasteiger partial charge in [0.2, 0.25) is 0 Å². The molecule has 0 bridgehead atoms. The van der Waals surface area contributed by atoms with Crippen LogP contribution < -0.4 is 5.32 Å². The predicted octanol–water partition coefficient (Wildman–Crippen LogP) is 4.04. The van der Waals surface area contributed by atoms with Crippen LogP contribution in [0, 0.1) is 0 Å². The lowest BCUT2D eigenvalue weighted by molar-refractivity contribution is 0.315. The van der Waals surface area contributed by atoms with E-state index in [9.17, 15) is 0 Å². The molecular formula is C26H21N5O2. The van der Waals surface area contributed by atoms with E-state index in [2.05, 4.69) is 25.3 Å². The Hall–Kier alpha value is -4.26. The summed E-state index contributed by atoms with van der Waals surface area (Å²) in [6.45, 7) is 0.953. The van der Waals surface area contributed by atoms with Crippen molar-refractivity contribution in [2.24, 2.45) is 20.0 Å². The van der Waals surface area contributed by atoms with Crippen molar-refractivity contribution in [2.45, 2.75) is 12.1 Å². The number of fused-ring (bicyclic) bond motifs is 1. The van der Waals surface area contributed by atoms with Crippen molar-refractivity contribution in [3.63, 3.8) is 0 Å². The highest BCUT2D eigenvalue weighted by molar-refractivity contribution is 6.28. The molecule has 0 aromatic heterocycles. The topological polar surface area (TPSA) is 79.9 Å². The summed E-state index contributed by atoms with van der Waals surface area (Å²) in [4.78, 5) is 18.6. The van der Waals surface area contributed by atoms with Gasteiger partial charge in [-0.25, -0.2) is 9.98 Å². The fourth-order valence-electron chi connectivity index (χ4n) is 4.05. The van der Waals surface area contributed by atoms with Crippen LogP contribution in [0.2, 0.25) is 0 Å². The molecule has 162 valence electrons. The van der Waals surface area contributed by atoms with Gasteiger partial charge < -0.3 is 14.8 Å². The first kappa shape index (κ1) is 19.4.